The van der Waals surface area contributed by atoms with Gasteiger partial charge in [-0.25, -0.2) is 0 Å². The second kappa shape index (κ2) is 3.91. The molecule has 2 aliphatic carbocycles. The monoisotopic (exact) mass is 221 g/mol. The van der Waals surface area contributed by atoms with Crippen molar-refractivity contribution in [2.24, 2.45) is 11.8 Å². The Balaban J connectivity index is 1.62. The van der Waals surface area contributed by atoms with Crippen molar-refractivity contribution in [3.63, 3.8) is 0 Å². The van der Waals surface area contributed by atoms with Crippen molar-refractivity contribution in [2.75, 3.05) is 0 Å². The molecule has 2 aliphatic rings. The molecule has 1 atom stereocenters. The molecule has 2 saturated carbocycles. The quantitative estimate of drug-likeness (QED) is 0.801. The molecule has 0 aromatic carbocycles. The summed E-state index contributed by atoms with van der Waals surface area (Å²) in [5, 5.41) is 6.03. The number of hydrogen-bond acceptors (Lipinski definition) is 2. The van der Waals surface area contributed by atoms with Gasteiger partial charge >= 0.3 is 0 Å². The third-order valence-corrected chi connectivity index (χ3v) is 4.73. The van der Waals surface area contributed by atoms with Gasteiger partial charge in [-0.15, -0.1) is 11.3 Å². The van der Waals surface area contributed by atoms with Gasteiger partial charge in [-0.2, -0.15) is 0 Å². The molecular weight excluding hydrogens is 202 g/mol. The van der Waals surface area contributed by atoms with Gasteiger partial charge in [0, 0.05) is 17.0 Å². The van der Waals surface area contributed by atoms with E-state index in [9.17, 15) is 0 Å². The molecule has 0 radical (unpaired) electrons. The zero-order valence-corrected chi connectivity index (χ0v) is 10.1. The minimum Gasteiger partial charge on any atom is -0.306 e. The second-order valence-electron chi connectivity index (χ2n) is 5.10. The predicted octanol–water partition coefficient (Wildman–Crippen LogP) is 3.59. The molecule has 82 valence electrons. The van der Waals surface area contributed by atoms with Crippen LogP contribution in [-0.4, -0.2) is 6.04 Å². The lowest BCUT2D eigenvalue weighted by atomic mass is 10.1. The van der Waals surface area contributed by atoms with Crippen LogP contribution in [0.1, 0.15) is 43.5 Å². The molecule has 1 nitrogen and oxygen atoms in total. The van der Waals surface area contributed by atoms with Crippen LogP contribution in [-0.2, 0) is 0 Å². The fraction of sp³-hybridized carbons (Fsp3) is 0.692. The Morgan fingerprint density at radius 2 is 1.93 bits per heavy atom. The zero-order chi connectivity index (χ0) is 10.3. The van der Waals surface area contributed by atoms with E-state index < -0.39 is 0 Å². The molecule has 2 heteroatoms. The zero-order valence-electron chi connectivity index (χ0n) is 9.28. The summed E-state index contributed by atoms with van der Waals surface area (Å²) < 4.78 is 0. The van der Waals surface area contributed by atoms with Crippen LogP contribution >= 0.6 is 11.3 Å². The molecule has 1 aromatic heterocycles. The maximum absolute atomic E-state index is 3.85. The van der Waals surface area contributed by atoms with Gasteiger partial charge in [0.05, 0.1) is 0 Å². The molecule has 1 heterocycles. The van der Waals surface area contributed by atoms with Gasteiger partial charge in [0.15, 0.2) is 0 Å². The van der Waals surface area contributed by atoms with E-state index in [1.807, 2.05) is 11.3 Å². The van der Waals surface area contributed by atoms with Crippen molar-refractivity contribution in [3.8, 4) is 0 Å². The first-order valence-corrected chi connectivity index (χ1v) is 7.02. The van der Waals surface area contributed by atoms with Crippen molar-refractivity contribution in [2.45, 2.75) is 44.7 Å². The van der Waals surface area contributed by atoms with Crippen LogP contribution in [0.4, 0.5) is 0 Å². The summed E-state index contributed by atoms with van der Waals surface area (Å²) in [6.07, 6.45) is 5.85. The van der Waals surface area contributed by atoms with Crippen LogP contribution in [0, 0.1) is 11.8 Å². The number of rotatable bonds is 5. The predicted molar refractivity (Wildman–Crippen MR) is 65.1 cm³/mol. The Hall–Kier alpha value is -0.340. The summed E-state index contributed by atoms with van der Waals surface area (Å²) in [6.45, 7) is 2.31. The molecule has 0 amide bonds. The molecule has 1 N–H and O–H groups in total. The third kappa shape index (κ3) is 2.26. The first-order valence-electron chi connectivity index (χ1n) is 6.14. The van der Waals surface area contributed by atoms with E-state index in [0.29, 0.717) is 6.04 Å². The largest absolute Gasteiger partial charge is 0.306 e. The molecule has 0 bridgehead atoms. The minimum absolute atomic E-state index is 0.552. The van der Waals surface area contributed by atoms with Gasteiger partial charge in [0.25, 0.3) is 0 Å². The number of thiophene rings is 1. The topological polar surface area (TPSA) is 12.0 Å². The molecule has 2 fully saturated rings. The molecule has 15 heavy (non-hydrogen) atoms. The van der Waals surface area contributed by atoms with Crippen LogP contribution in [0.5, 0.6) is 0 Å². The highest BCUT2D eigenvalue weighted by atomic mass is 32.1. The molecular formula is C13H19NS. The fourth-order valence-corrected chi connectivity index (χ4v) is 3.22. The lowest BCUT2D eigenvalue weighted by Gasteiger charge is -2.22. The first-order chi connectivity index (χ1) is 7.34. The molecule has 0 saturated heterocycles. The maximum Gasteiger partial charge on any atom is 0.0388 e. The summed E-state index contributed by atoms with van der Waals surface area (Å²) in [5.74, 6) is 2.00. The summed E-state index contributed by atoms with van der Waals surface area (Å²) in [5.41, 5.74) is 0. The van der Waals surface area contributed by atoms with E-state index in [1.165, 1.54) is 30.6 Å². The molecule has 0 aliphatic heterocycles. The lowest BCUT2D eigenvalue weighted by molar-refractivity contribution is 0.380. The molecule has 0 spiro atoms. The van der Waals surface area contributed by atoms with Crippen molar-refractivity contribution < 1.29 is 0 Å². The normalized spacial score (nSPS) is 23.3. The van der Waals surface area contributed by atoms with Crippen LogP contribution in [0.3, 0.4) is 0 Å². The smallest absolute Gasteiger partial charge is 0.0388 e. The average Bonchev–Trinajstić information content (AvgIpc) is 3.15. The van der Waals surface area contributed by atoms with Crippen molar-refractivity contribution in [1.82, 2.24) is 5.32 Å². The fourth-order valence-electron chi connectivity index (χ4n) is 2.48. The van der Waals surface area contributed by atoms with Crippen LogP contribution in [0.2, 0.25) is 0 Å². The van der Waals surface area contributed by atoms with Crippen molar-refractivity contribution in [1.29, 1.82) is 0 Å². The van der Waals surface area contributed by atoms with Crippen LogP contribution < -0.4 is 5.32 Å². The summed E-state index contributed by atoms with van der Waals surface area (Å²) >= 11 is 1.87. The summed E-state index contributed by atoms with van der Waals surface area (Å²) in [6, 6.07) is 5.78. The van der Waals surface area contributed by atoms with Gasteiger partial charge < -0.3 is 5.32 Å². The highest BCUT2D eigenvalue weighted by Crippen LogP contribution is 2.45. The van der Waals surface area contributed by atoms with Gasteiger partial charge in [0.1, 0.15) is 0 Å². The Kier molecular flexibility index (Phi) is 2.57. The van der Waals surface area contributed by atoms with Gasteiger partial charge in [-0.1, -0.05) is 6.07 Å². The van der Waals surface area contributed by atoms with E-state index in [2.05, 4.69) is 29.8 Å². The Bertz CT molecular complexity index is 299. The van der Waals surface area contributed by atoms with Crippen molar-refractivity contribution >= 4 is 11.3 Å². The Labute approximate surface area is 95.9 Å². The minimum atomic E-state index is 0.552. The summed E-state index contributed by atoms with van der Waals surface area (Å²) in [4.78, 5) is 1.49. The Morgan fingerprint density at radius 3 is 2.40 bits per heavy atom. The summed E-state index contributed by atoms with van der Waals surface area (Å²) in [7, 11) is 0. The number of nitrogens with one attached hydrogen (secondary N) is 1. The average molecular weight is 221 g/mol. The second-order valence-corrected chi connectivity index (χ2v) is 6.08. The van der Waals surface area contributed by atoms with E-state index in [1.54, 1.807) is 0 Å². The standard InChI is InChI=1S/C13H19NS/c1-9(12-3-2-8-15-12)14-13(10-4-5-10)11-6-7-11/h2-3,8-11,13-14H,4-7H2,1H3/t9-/m1/s1. The van der Waals surface area contributed by atoms with Gasteiger partial charge in [0.2, 0.25) is 0 Å². The molecule has 3 rings (SSSR count). The van der Waals surface area contributed by atoms with E-state index in [0.717, 1.165) is 17.9 Å². The highest BCUT2D eigenvalue weighted by Gasteiger charge is 2.41. The molecule has 0 unspecified atom stereocenters. The Morgan fingerprint density at radius 1 is 1.27 bits per heavy atom. The van der Waals surface area contributed by atoms with Crippen molar-refractivity contribution in [3.05, 3.63) is 22.4 Å². The van der Waals surface area contributed by atoms with E-state index >= 15 is 0 Å². The SMILES string of the molecule is C[C@@H](NC(C1CC1)C1CC1)c1cccs1. The first kappa shape index (κ1) is 9.86. The third-order valence-electron chi connectivity index (χ3n) is 3.67. The van der Waals surface area contributed by atoms with Gasteiger partial charge in [-0.05, 0) is 55.9 Å². The van der Waals surface area contributed by atoms with Crippen LogP contribution in [0.15, 0.2) is 17.5 Å². The van der Waals surface area contributed by atoms with Crippen LogP contribution in [0.25, 0.3) is 0 Å². The van der Waals surface area contributed by atoms with E-state index in [4.69, 9.17) is 0 Å². The highest BCUT2D eigenvalue weighted by molar-refractivity contribution is 7.10. The number of hydrogen-bond donors (Lipinski definition) is 1. The lowest BCUT2D eigenvalue weighted by Crippen LogP contribution is -2.34. The van der Waals surface area contributed by atoms with E-state index in [-0.39, 0.29) is 0 Å². The molecule has 1 aromatic rings. The maximum atomic E-state index is 3.85. The van der Waals surface area contributed by atoms with Gasteiger partial charge in [-0.3, -0.25) is 0 Å².